The lowest BCUT2D eigenvalue weighted by Gasteiger charge is -2.34. The molecule has 160 valence electrons. The molecule has 4 nitrogen and oxygen atoms in total. The Morgan fingerprint density at radius 1 is 1.00 bits per heavy atom. The molecule has 1 N–H and O–H groups in total. The monoisotopic (exact) mass is 417 g/mol. The molecule has 1 aliphatic heterocycles. The fourth-order valence-corrected chi connectivity index (χ4v) is 3.40. The van der Waals surface area contributed by atoms with Crippen LogP contribution in [0.2, 0.25) is 0 Å². The summed E-state index contributed by atoms with van der Waals surface area (Å²) in [4.78, 5) is 16.4. The lowest BCUT2D eigenvalue weighted by atomic mass is 10.1. The van der Waals surface area contributed by atoms with Gasteiger partial charge in [0.2, 0.25) is 0 Å². The highest BCUT2D eigenvalue weighted by Gasteiger charge is 2.30. The maximum Gasteiger partial charge on any atom is 0.416 e. The average molecular weight is 417 g/mol. The Morgan fingerprint density at radius 3 is 2.23 bits per heavy atom. The van der Waals surface area contributed by atoms with Crippen LogP contribution in [0, 0.1) is 0 Å². The van der Waals surface area contributed by atoms with E-state index in [-0.39, 0.29) is 6.03 Å². The molecule has 30 heavy (non-hydrogen) atoms. The van der Waals surface area contributed by atoms with Crippen molar-refractivity contribution in [3.8, 4) is 0 Å². The van der Waals surface area contributed by atoms with Gasteiger partial charge in [0.1, 0.15) is 0 Å². The summed E-state index contributed by atoms with van der Waals surface area (Å²) in [5.74, 6) is 0. The molecule has 0 atom stereocenters. The maximum atomic E-state index is 12.6. The van der Waals surface area contributed by atoms with Crippen molar-refractivity contribution in [2.75, 3.05) is 38.0 Å². The van der Waals surface area contributed by atoms with E-state index < -0.39 is 11.7 Å². The highest BCUT2D eigenvalue weighted by Crippen LogP contribution is 2.29. The number of hydrogen-bond acceptors (Lipinski definition) is 2. The third-order valence-electron chi connectivity index (χ3n) is 5.25. The third-order valence-corrected chi connectivity index (χ3v) is 5.25. The summed E-state index contributed by atoms with van der Waals surface area (Å²) in [5, 5.41) is 2.67. The maximum absolute atomic E-state index is 12.6. The quantitative estimate of drug-likeness (QED) is 0.712. The van der Waals surface area contributed by atoms with Crippen molar-refractivity contribution in [3.63, 3.8) is 0 Å². The van der Waals surface area contributed by atoms with Crippen LogP contribution in [0.15, 0.2) is 60.7 Å². The number of nitrogens with zero attached hydrogens (tertiary/aromatic N) is 2. The molecule has 0 aromatic heterocycles. The number of anilines is 1. The molecule has 2 aromatic rings. The molecule has 3 rings (SSSR count). The van der Waals surface area contributed by atoms with Crippen molar-refractivity contribution in [2.45, 2.75) is 19.5 Å². The molecule has 0 spiro atoms. The number of carbonyl (C=O) groups is 1. The predicted molar refractivity (Wildman–Crippen MR) is 113 cm³/mol. The van der Waals surface area contributed by atoms with E-state index in [0.29, 0.717) is 18.8 Å². The van der Waals surface area contributed by atoms with Gasteiger partial charge >= 0.3 is 12.2 Å². The van der Waals surface area contributed by atoms with E-state index in [1.54, 1.807) is 4.90 Å². The van der Waals surface area contributed by atoms with Gasteiger partial charge in [-0.3, -0.25) is 4.90 Å². The predicted octanol–water partition coefficient (Wildman–Crippen LogP) is 5.35. The van der Waals surface area contributed by atoms with E-state index in [4.69, 9.17) is 0 Å². The van der Waals surface area contributed by atoms with E-state index in [1.807, 2.05) is 18.2 Å². The number of alkyl halides is 3. The van der Waals surface area contributed by atoms with Crippen LogP contribution in [0.5, 0.6) is 0 Å². The van der Waals surface area contributed by atoms with Gasteiger partial charge in [-0.2, -0.15) is 13.2 Å². The molecule has 0 radical (unpaired) electrons. The highest BCUT2D eigenvalue weighted by atomic mass is 19.4. The molecule has 0 bridgehead atoms. The van der Waals surface area contributed by atoms with Crippen LogP contribution in [0.25, 0.3) is 5.57 Å². The first-order chi connectivity index (χ1) is 14.3. The minimum Gasteiger partial charge on any atom is -0.322 e. The molecule has 0 unspecified atom stereocenters. The zero-order valence-electron chi connectivity index (χ0n) is 17.0. The van der Waals surface area contributed by atoms with E-state index >= 15 is 0 Å². The van der Waals surface area contributed by atoms with Crippen molar-refractivity contribution >= 4 is 17.3 Å². The minimum absolute atomic E-state index is 0.283. The molecular weight excluding hydrogens is 391 g/mol. The second-order valence-electron chi connectivity index (χ2n) is 7.38. The summed E-state index contributed by atoms with van der Waals surface area (Å²) >= 11 is 0. The molecule has 2 amide bonds. The molecule has 1 heterocycles. The molecule has 7 heteroatoms. The first kappa shape index (κ1) is 21.9. The van der Waals surface area contributed by atoms with E-state index in [9.17, 15) is 18.0 Å². The van der Waals surface area contributed by atoms with Gasteiger partial charge in [-0.25, -0.2) is 4.79 Å². The highest BCUT2D eigenvalue weighted by molar-refractivity contribution is 5.89. The Kier molecular flexibility index (Phi) is 7.15. The largest absolute Gasteiger partial charge is 0.416 e. The number of piperazine rings is 1. The first-order valence-corrected chi connectivity index (χ1v) is 10.0. The van der Waals surface area contributed by atoms with Crippen LogP contribution in [-0.2, 0) is 6.18 Å². The minimum atomic E-state index is -4.38. The van der Waals surface area contributed by atoms with Crippen molar-refractivity contribution in [1.29, 1.82) is 0 Å². The van der Waals surface area contributed by atoms with Gasteiger partial charge < -0.3 is 10.2 Å². The van der Waals surface area contributed by atoms with E-state index in [1.165, 1.54) is 23.3 Å². The SMILES string of the molecule is C/C(=C\CCN1CCN(C(=O)Nc2ccc(C(F)(F)F)cc2)CC1)c1ccccc1. The average Bonchev–Trinajstić information content (AvgIpc) is 2.74. The fourth-order valence-electron chi connectivity index (χ4n) is 3.40. The van der Waals surface area contributed by atoms with Crippen LogP contribution < -0.4 is 5.32 Å². The zero-order chi connectivity index (χ0) is 21.6. The molecule has 2 aromatic carbocycles. The third kappa shape index (κ3) is 6.10. The summed E-state index contributed by atoms with van der Waals surface area (Å²) < 4.78 is 37.9. The standard InChI is InChI=1S/C23H26F3N3O/c1-18(19-7-3-2-4-8-19)6-5-13-28-14-16-29(17-15-28)22(30)27-21-11-9-20(10-12-21)23(24,25)26/h2-4,6-12H,5,13-17H2,1H3,(H,27,30)/b18-6+. The first-order valence-electron chi connectivity index (χ1n) is 10.0. The van der Waals surface area contributed by atoms with Gasteiger partial charge in [-0.15, -0.1) is 0 Å². The summed E-state index contributed by atoms with van der Waals surface area (Å²) in [6, 6.07) is 14.5. The lowest BCUT2D eigenvalue weighted by Crippen LogP contribution is -2.50. The number of rotatable bonds is 5. The number of hydrogen-bond donors (Lipinski definition) is 1. The Bertz CT molecular complexity index is 856. The topological polar surface area (TPSA) is 35.6 Å². The summed E-state index contributed by atoms with van der Waals surface area (Å²) in [5.41, 5.74) is 2.11. The summed E-state index contributed by atoms with van der Waals surface area (Å²) in [6.45, 7) is 5.77. The zero-order valence-corrected chi connectivity index (χ0v) is 17.0. The van der Waals surface area contributed by atoms with E-state index in [0.717, 1.165) is 38.2 Å². The van der Waals surface area contributed by atoms with Gasteiger partial charge in [-0.1, -0.05) is 36.4 Å². The Labute approximate surface area is 175 Å². The number of urea groups is 1. The van der Waals surface area contributed by atoms with Gasteiger partial charge in [0.05, 0.1) is 5.56 Å². The van der Waals surface area contributed by atoms with Gasteiger partial charge in [0.15, 0.2) is 0 Å². The van der Waals surface area contributed by atoms with Crippen LogP contribution >= 0.6 is 0 Å². The number of allylic oxidation sites excluding steroid dienone is 1. The molecule has 0 saturated carbocycles. The number of benzene rings is 2. The van der Waals surface area contributed by atoms with E-state index in [2.05, 4.69) is 35.3 Å². The second-order valence-corrected chi connectivity index (χ2v) is 7.38. The number of carbonyl (C=O) groups excluding carboxylic acids is 1. The van der Waals surface area contributed by atoms with Gasteiger partial charge in [-0.05, 0) is 48.7 Å². The van der Waals surface area contributed by atoms with Gasteiger partial charge in [0, 0.05) is 38.4 Å². The summed E-state index contributed by atoms with van der Waals surface area (Å²) in [7, 11) is 0. The van der Waals surface area contributed by atoms with Crippen LogP contribution in [0.3, 0.4) is 0 Å². The van der Waals surface area contributed by atoms with Crippen LogP contribution in [-0.4, -0.2) is 48.6 Å². The van der Waals surface area contributed by atoms with Crippen LogP contribution in [0.4, 0.5) is 23.7 Å². The summed E-state index contributed by atoms with van der Waals surface area (Å²) in [6.07, 6.45) is -1.20. The number of nitrogens with one attached hydrogen (secondary N) is 1. The Balaban J connectivity index is 1.42. The molecule has 1 aliphatic rings. The van der Waals surface area contributed by atoms with Crippen molar-refractivity contribution in [2.24, 2.45) is 0 Å². The number of amides is 2. The van der Waals surface area contributed by atoms with Gasteiger partial charge in [0.25, 0.3) is 0 Å². The van der Waals surface area contributed by atoms with Crippen molar-refractivity contribution < 1.29 is 18.0 Å². The Hall–Kier alpha value is -2.80. The van der Waals surface area contributed by atoms with Crippen LogP contribution in [0.1, 0.15) is 24.5 Å². The molecular formula is C23H26F3N3O. The number of halogens is 3. The Morgan fingerprint density at radius 2 is 1.63 bits per heavy atom. The molecule has 1 saturated heterocycles. The second kappa shape index (κ2) is 9.80. The van der Waals surface area contributed by atoms with Crippen molar-refractivity contribution in [3.05, 3.63) is 71.8 Å². The molecule has 0 aliphatic carbocycles. The smallest absolute Gasteiger partial charge is 0.322 e. The normalized spacial score (nSPS) is 15.9. The lowest BCUT2D eigenvalue weighted by molar-refractivity contribution is -0.137. The fraction of sp³-hybridized carbons (Fsp3) is 0.348. The molecule has 1 fully saturated rings. The van der Waals surface area contributed by atoms with Crippen molar-refractivity contribution in [1.82, 2.24) is 9.80 Å².